The Hall–Kier alpha value is -1.96. The molecule has 0 saturated heterocycles. The first-order valence-corrected chi connectivity index (χ1v) is 6.69. The van der Waals surface area contributed by atoms with E-state index in [0.29, 0.717) is 0 Å². The second kappa shape index (κ2) is 5.44. The van der Waals surface area contributed by atoms with Gasteiger partial charge in [-0.2, -0.15) is 6.07 Å². The van der Waals surface area contributed by atoms with Gasteiger partial charge in [0.05, 0.1) is 0 Å². The molecular formula is C18H14IrN2. The van der Waals surface area contributed by atoms with Gasteiger partial charge in [-0.15, -0.1) is 22.9 Å². The Morgan fingerprint density at radius 1 is 0.905 bits per heavy atom. The van der Waals surface area contributed by atoms with E-state index < -0.39 is 0 Å². The minimum atomic E-state index is 0. The van der Waals surface area contributed by atoms with E-state index in [1.165, 1.54) is 21.8 Å². The zero-order chi connectivity index (χ0) is 13.5. The number of rotatable bonds is 1. The first kappa shape index (κ1) is 14.0. The molecule has 0 N–H and O–H groups in total. The Morgan fingerprint density at radius 2 is 1.57 bits per heavy atom. The maximum Gasteiger partial charge on any atom is 0.188 e. The second-order valence-corrected chi connectivity index (χ2v) is 5.03. The van der Waals surface area contributed by atoms with Crippen molar-refractivity contribution in [3.05, 3.63) is 73.1 Å². The van der Waals surface area contributed by atoms with Gasteiger partial charge in [-0.3, -0.25) is 0 Å². The van der Waals surface area contributed by atoms with Crippen molar-refractivity contribution in [2.45, 2.75) is 0 Å². The first-order valence-electron chi connectivity index (χ1n) is 6.69. The van der Waals surface area contributed by atoms with Crippen LogP contribution in [0.5, 0.6) is 0 Å². The van der Waals surface area contributed by atoms with Crippen LogP contribution in [-0.2, 0) is 27.2 Å². The second-order valence-electron chi connectivity index (χ2n) is 5.03. The third kappa shape index (κ3) is 2.29. The van der Waals surface area contributed by atoms with Crippen LogP contribution in [-0.4, -0.2) is 9.13 Å². The largest absolute Gasteiger partial charge is 0.248 e. The summed E-state index contributed by atoms with van der Waals surface area (Å²) in [7, 11) is 2.07. The van der Waals surface area contributed by atoms with Crippen molar-refractivity contribution in [2.75, 3.05) is 0 Å². The van der Waals surface area contributed by atoms with E-state index in [9.17, 15) is 0 Å². The maximum atomic E-state index is 3.38. The van der Waals surface area contributed by atoms with Gasteiger partial charge in [-0.05, 0) is 12.1 Å². The van der Waals surface area contributed by atoms with Gasteiger partial charge in [0, 0.05) is 45.0 Å². The van der Waals surface area contributed by atoms with Crippen LogP contribution in [0, 0.1) is 6.07 Å². The monoisotopic (exact) mass is 451 g/mol. The molecule has 1 radical (unpaired) electrons. The van der Waals surface area contributed by atoms with Gasteiger partial charge in [0.15, 0.2) is 17.4 Å². The van der Waals surface area contributed by atoms with Crippen molar-refractivity contribution in [1.82, 2.24) is 9.13 Å². The number of aromatic nitrogens is 2. The van der Waals surface area contributed by atoms with Gasteiger partial charge in [0.2, 0.25) is 0 Å². The summed E-state index contributed by atoms with van der Waals surface area (Å²) < 4.78 is 4.32. The van der Waals surface area contributed by atoms with Crippen LogP contribution < -0.4 is 0 Å². The molecule has 2 nitrogen and oxygen atoms in total. The van der Waals surface area contributed by atoms with Gasteiger partial charge in [-0.1, -0.05) is 24.3 Å². The Bertz CT molecular complexity index is 925. The topological polar surface area (TPSA) is 9.86 Å². The van der Waals surface area contributed by atoms with E-state index in [-0.39, 0.29) is 20.1 Å². The predicted octanol–water partition coefficient (Wildman–Crippen LogP) is 4.20. The maximum absolute atomic E-state index is 3.38. The normalized spacial score (nSPS) is 10.7. The number of hydrogen-bond acceptors (Lipinski definition) is 0. The molecule has 105 valence electrons. The molecular weight excluding hydrogens is 436 g/mol. The van der Waals surface area contributed by atoms with Crippen molar-refractivity contribution in [3.8, 4) is 5.69 Å². The zero-order valence-electron chi connectivity index (χ0n) is 11.6. The van der Waals surface area contributed by atoms with Crippen LogP contribution >= 0.6 is 0 Å². The molecule has 0 aliphatic carbocycles. The number of fused-ring (bicyclic) bond motifs is 2. The summed E-state index contributed by atoms with van der Waals surface area (Å²) in [4.78, 5) is 0. The molecule has 0 amide bonds. The smallest absolute Gasteiger partial charge is 0.188 e. The molecule has 4 aromatic rings. The molecule has 0 spiro atoms. The summed E-state index contributed by atoms with van der Waals surface area (Å²) in [6.07, 6.45) is 2.10. The van der Waals surface area contributed by atoms with Crippen LogP contribution in [0.2, 0.25) is 0 Å². The molecule has 0 aliphatic rings. The Balaban J connectivity index is 0.00000132. The molecule has 3 heteroatoms. The Kier molecular flexibility index (Phi) is 3.62. The van der Waals surface area contributed by atoms with Crippen molar-refractivity contribution in [2.24, 2.45) is 7.05 Å². The van der Waals surface area contributed by atoms with Crippen molar-refractivity contribution in [1.29, 1.82) is 0 Å². The molecule has 0 bridgehead atoms. The van der Waals surface area contributed by atoms with E-state index in [2.05, 4.69) is 89.2 Å². The summed E-state index contributed by atoms with van der Waals surface area (Å²) in [5.41, 5.74) is 3.48. The minimum Gasteiger partial charge on any atom is -0.248 e. The molecule has 1 aromatic heterocycles. The van der Waals surface area contributed by atoms with Crippen LogP contribution in [0.15, 0.2) is 67.0 Å². The van der Waals surface area contributed by atoms with E-state index in [1.807, 2.05) is 0 Å². The van der Waals surface area contributed by atoms with E-state index in [4.69, 9.17) is 0 Å². The minimum absolute atomic E-state index is 0. The molecule has 0 aliphatic heterocycles. The molecule has 0 saturated carbocycles. The quantitative estimate of drug-likeness (QED) is 0.385. The fourth-order valence-electron chi connectivity index (χ4n) is 2.71. The van der Waals surface area contributed by atoms with Crippen LogP contribution in [0.3, 0.4) is 0 Å². The van der Waals surface area contributed by atoms with Gasteiger partial charge < -0.3 is 0 Å². The van der Waals surface area contributed by atoms with E-state index in [0.717, 1.165) is 5.69 Å². The molecule has 4 rings (SSSR count). The third-order valence-electron chi connectivity index (χ3n) is 3.73. The SMILES string of the molecule is Cn1[cH+]n(-c2[c-]cc3ccccc3c2)c2ccccc21.[Ir]. The van der Waals surface area contributed by atoms with Gasteiger partial charge in [0.1, 0.15) is 0 Å². The first-order chi connectivity index (χ1) is 9.83. The average molecular weight is 451 g/mol. The molecule has 3 aromatic carbocycles. The number of aryl methyl sites for hydroxylation is 1. The van der Waals surface area contributed by atoms with E-state index in [1.54, 1.807) is 0 Å². The summed E-state index contributed by atoms with van der Waals surface area (Å²) in [6, 6.07) is 24.4. The summed E-state index contributed by atoms with van der Waals surface area (Å²) in [5.74, 6) is 0. The number of nitrogens with zero attached hydrogens (tertiary/aromatic N) is 2. The van der Waals surface area contributed by atoms with Gasteiger partial charge in [-0.25, -0.2) is 9.13 Å². The van der Waals surface area contributed by atoms with Gasteiger partial charge in [0.25, 0.3) is 0 Å². The number of imidazole rings is 1. The Morgan fingerprint density at radius 3 is 2.38 bits per heavy atom. The van der Waals surface area contributed by atoms with Crippen molar-refractivity contribution in [3.63, 3.8) is 0 Å². The fourth-order valence-corrected chi connectivity index (χ4v) is 2.71. The Labute approximate surface area is 137 Å². The standard InChI is InChI=1S/C18H14N2.Ir/c1-19-13-20(18-9-5-4-8-17(18)19)16-11-10-14-6-2-3-7-15(14)12-16;/h2-10,12-13H,1H3;. The average Bonchev–Trinajstić information content (AvgIpc) is 2.85. The van der Waals surface area contributed by atoms with Crippen molar-refractivity contribution >= 4 is 21.8 Å². The third-order valence-corrected chi connectivity index (χ3v) is 3.73. The molecule has 0 atom stereocenters. The molecule has 0 unspecified atom stereocenters. The van der Waals surface area contributed by atoms with Crippen LogP contribution in [0.1, 0.15) is 0 Å². The number of para-hydroxylation sites is 2. The zero-order valence-corrected chi connectivity index (χ0v) is 14.0. The summed E-state index contributed by atoms with van der Waals surface area (Å²) in [6.45, 7) is 0. The van der Waals surface area contributed by atoms with Crippen LogP contribution in [0.25, 0.3) is 27.5 Å². The molecule has 1 heterocycles. The van der Waals surface area contributed by atoms with Crippen LogP contribution in [0.4, 0.5) is 0 Å². The van der Waals surface area contributed by atoms with E-state index >= 15 is 0 Å². The van der Waals surface area contributed by atoms with Crippen molar-refractivity contribution < 1.29 is 20.1 Å². The molecule has 0 fully saturated rings. The summed E-state index contributed by atoms with van der Waals surface area (Å²) >= 11 is 0. The molecule has 21 heavy (non-hydrogen) atoms. The number of hydrogen-bond donors (Lipinski definition) is 0. The van der Waals surface area contributed by atoms with Gasteiger partial charge >= 0.3 is 0 Å². The summed E-state index contributed by atoms with van der Waals surface area (Å²) in [5, 5.41) is 2.46. The number of benzene rings is 3. The predicted molar refractivity (Wildman–Crippen MR) is 83.0 cm³/mol. The fraction of sp³-hybridized carbons (Fsp3) is 0.0556.